The minimum absolute atomic E-state index is 0.471. The molecule has 0 bridgehead atoms. The quantitative estimate of drug-likeness (QED) is 0.898. The summed E-state index contributed by atoms with van der Waals surface area (Å²) in [4.78, 5) is 15.0. The Bertz CT molecular complexity index is 501. The normalized spacial score (nSPS) is 18.3. The molecule has 1 unspecified atom stereocenters. The van der Waals surface area contributed by atoms with Crippen molar-refractivity contribution in [3.8, 4) is 11.5 Å². The Morgan fingerprint density at radius 3 is 2.67 bits per heavy atom. The highest BCUT2D eigenvalue weighted by molar-refractivity contribution is 8.14. The van der Waals surface area contributed by atoms with Gasteiger partial charge in [0.2, 0.25) is 0 Å². The summed E-state index contributed by atoms with van der Waals surface area (Å²) in [5.74, 6) is 0.827. The Balaban J connectivity index is 2.30. The predicted octanol–water partition coefficient (Wildman–Crippen LogP) is 1.65. The van der Waals surface area contributed by atoms with Crippen LogP contribution in [0.2, 0.25) is 0 Å². The molecule has 1 atom stereocenters. The summed E-state index contributed by atoms with van der Waals surface area (Å²) < 4.78 is 10.4. The molecule has 1 aromatic carbocycles. The third-order valence-electron chi connectivity index (χ3n) is 2.57. The highest BCUT2D eigenvalue weighted by Gasteiger charge is 2.25. The lowest BCUT2D eigenvalue weighted by atomic mass is 10.2. The van der Waals surface area contributed by atoms with Gasteiger partial charge in [0.1, 0.15) is 0 Å². The number of hydrogen-bond acceptors (Lipinski definition) is 5. The molecule has 1 aromatic rings. The van der Waals surface area contributed by atoms with Gasteiger partial charge < -0.3 is 14.6 Å². The maximum absolute atomic E-state index is 10.8. The second kappa shape index (κ2) is 5.30. The van der Waals surface area contributed by atoms with Gasteiger partial charge in [-0.05, 0) is 18.2 Å². The molecule has 0 aliphatic carbocycles. The summed E-state index contributed by atoms with van der Waals surface area (Å²) in [5, 5.41) is 9.62. The van der Waals surface area contributed by atoms with Crippen LogP contribution in [0.15, 0.2) is 23.2 Å². The number of benzene rings is 1. The van der Waals surface area contributed by atoms with Crippen molar-refractivity contribution in [3.63, 3.8) is 0 Å². The highest BCUT2D eigenvalue weighted by atomic mass is 32.2. The molecule has 6 heteroatoms. The van der Waals surface area contributed by atoms with Crippen LogP contribution < -0.4 is 9.47 Å². The first kappa shape index (κ1) is 12.8. The summed E-state index contributed by atoms with van der Waals surface area (Å²) in [6.07, 6.45) is 0. The van der Waals surface area contributed by atoms with Crippen molar-refractivity contribution in [1.29, 1.82) is 0 Å². The first-order valence-electron chi connectivity index (χ1n) is 5.31. The van der Waals surface area contributed by atoms with E-state index in [1.807, 2.05) is 6.07 Å². The van der Waals surface area contributed by atoms with E-state index in [9.17, 15) is 4.79 Å². The van der Waals surface area contributed by atoms with Crippen LogP contribution in [-0.2, 0) is 4.79 Å². The third kappa shape index (κ3) is 2.43. The topological polar surface area (TPSA) is 68.1 Å². The van der Waals surface area contributed by atoms with E-state index in [2.05, 4.69) is 4.99 Å². The number of hydrogen-bond donors (Lipinski definition) is 1. The van der Waals surface area contributed by atoms with Crippen molar-refractivity contribution in [2.24, 2.45) is 4.99 Å². The second-order valence-corrected chi connectivity index (χ2v) is 4.68. The Labute approximate surface area is 109 Å². The van der Waals surface area contributed by atoms with Gasteiger partial charge in [0.05, 0.1) is 19.3 Å². The van der Waals surface area contributed by atoms with Gasteiger partial charge in [-0.25, -0.2) is 4.79 Å². The number of aliphatic carboxylic acids is 1. The number of carbonyl (C=O) groups is 1. The van der Waals surface area contributed by atoms with Crippen LogP contribution in [-0.4, -0.2) is 42.1 Å². The van der Waals surface area contributed by atoms with Gasteiger partial charge in [-0.2, -0.15) is 0 Å². The summed E-state index contributed by atoms with van der Waals surface area (Å²) in [5.41, 5.74) is 0.849. The van der Waals surface area contributed by atoms with Crippen molar-refractivity contribution in [1.82, 2.24) is 0 Å². The molecule has 0 fully saturated rings. The molecule has 2 rings (SSSR count). The monoisotopic (exact) mass is 267 g/mol. The minimum Gasteiger partial charge on any atom is -0.493 e. The van der Waals surface area contributed by atoms with E-state index >= 15 is 0 Å². The van der Waals surface area contributed by atoms with Gasteiger partial charge in [-0.3, -0.25) is 4.99 Å². The minimum atomic E-state index is -0.891. The second-order valence-electron chi connectivity index (χ2n) is 3.67. The van der Waals surface area contributed by atoms with E-state index in [1.165, 1.54) is 11.8 Å². The summed E-state index contributed by atoms with van der Waals surface area (Å²) in [7, 11) is 3.13. The van der Waals surface area contributed by atoms with Gasteiger partial charge in [0.15, 0.2) is 17.5 Å². The first-order valence-corrected chi connectivity index (χ1v) is 6.30. The van der Waals surface area contributed by atoms with E-state index < -0.39 is 12.0 Å². The lowest BCUT2D eigenvalue weighted by Gasteiger charge is -2.08. The number of carboxylic acids is 1. The number of nitrogens with zero attached hydrogens (tertiary/aromatic N) is 1. The molecule has 18 heavy (non-hydrogen) atoms. The lowest BCUT2D eigenvalue weighted by Crippen LogP contribution is -2.17. The molecule has 0 saturated carbocycles. The molecule has 5 nitrogen and oxygen atoms in total. The summed E-state index contributed by atoms with van der Waals surface area (Å²) in [6, 6.07) is 4.77. The number of aliphatic imine (C=N–C) groups is 1. The molecule has 0 saturated heterocycles. The number of carboxylic acid groups (broad SMARTS) is 1. The molecular formula is C12H13NO4S. The van der Waals surface area contributed by atoms with Crippen molar-refractivity contribution < 1.29 is 19.4 Å². The number of methoxy groups -OCH3 is 2. The molecule has 0 radical (unpaired) electrons. The van der Waals surface area contributed by atoms with Crippen LogP contribution >= 0.6 is 11.8 Å². The van der Waals surface area contributed by atoms with Crippen LogP contribution in [0.5, 0.6) is 11.5 Å². The lowest BCUT2D eigenvalue weighted by molar-refractivity contribution is -0.137. The largest absolute Gasteiger partial charge is 0.493 e. The van der Waals surface area contributed by atoms with E-state index in [1.54, 1.807) is 26.4 Å². The van der Waals surface area contributed by atoms with Gasteiger partial charge >= 0.3 is 5.97 Å². The van der Waals surface area contributed by atoms with Crippen LogP contribution in [0.1, 0.15) is 5.56 Å². The SMILES string of the molecule is COc1ccc(C2=NC(C(=O)O)CS2)cc1OC. The Morgan fingerprint density at radius 1 is 1.39 bits per heavy atom. The zero-order chi connectivity index (χ0) is 13.1. The van der Waals surface area contributed by atoms with Crippen molar-refractivity contribution in [2.75, 3.05) is 20.0 Å². The average molecular weight is 267 g/mol. The highest BCUT2D eigenvalue weighted by Crippen LogP contribution is 2.31. The Morgan fingerprint density at radius 2 is 2.11 bits per heavy atom. The van der Waals surface area contributed by atoms with Crippen LogP contribution in [0.4, 0.5) is 0 Å². The third-order valence-corrected chi connectivity index (χ3v) is 3.66. The number of rotatable bonds is 4. The van der Waals surface area contributed by atoms with Gasteiger partial charge in [-0.1, -0.05) is 0 Å². The summed E-state index contributed by atoms with van der Waals surface area (Å²) in [6.45, 7) is 0. The van der Waals surface area contributed by atoms with Crippen LogP contribution in [0.25, 0.3) is 0 Å². The first-order chi connectivity index (χ1) is 8.65. The Hall–Kier alpha value is -1.69. The molecular weight excluding hydrogens is 254 g/mol. The maximum atomic E-state index is 10.8. The van der Waals surface area contributed by atoms with E-state index in [4.69, 9.17) is 14.6 Å². The van der Waals surface area contributed by atoms with E-state index in [0.29, 0.717) is 17.3 Å². The molecule has 1 N–H and O–H groups in total. The standard InChI is InChI=1S/C12H13NO4S/c1-16-9-4-3-7(5-10(9)17-2)11-13-8(6-18-11)12(14)15/h3-5,8H,6H2,1-2H3,(H,14,15). The zero-order valence-corrected chi connectivity index (χ0v) is 10.9. The predicted molar refractivity (Wildman–Crippen MR) is 70.0 cm³/mol. The molecule has 1 aliphatic heterocycles. The Kier molecular flexibility index (Phi) is 3.76. The molecule has 1 heterocycles. The van der Waals surface area contributed by atoms with Gasteiger partial charge in [-0.15, -0.1) is 11.8 Å². The number of thioether (sulfide) groups is 1. The smallest absolute Gasteiger partial charge is 0.329 e. The van der Waals surface area contributed by atoms with Gasteiger partial charge in [0.25, 0.3) is 0 Å². The van der Waals surface area contributed by atoms with E-state index in [0.717, 1.165) is 10.6 Å². The maximum Gasteiger partial charge on any atom is 0.329 e. The van der Waals surface area contributed by atoms with Crippen LogP contribution in [0.3, 0.4) is 0 Å². The fraction of sp³-hybridized carbons (Fsp3) is 0.333. The average Bonchev–Trinajstić information content (AvgIpc) is 2.87. The summed E-state index contributed by atoms with van der Waals surface area (Å²) >= 11 is 1.44. The van der Waals surface area contributed by atoms with Crippen molar-refractivity contribution >= 4 is 22.8 Å². The molecule has 96 valence electrons. The number of ether oxygens (including phenoxy) is 2. The van der Waals surface area contributed by atoms with E-state index in [-0.39, 0.29) is 0 Å². The van der Waals surface area contributed by atoms with Gasteiger partial charge in [0, 0.05) is 11.3 Å². The van der Waals surface area contributed by atoms with Crippen molar-refractivity contribution in [3.05, 3.63) is 23.8 Å². The molecule has 0 amide bonds. The fourth-order valence-corrected chi connectivity index (χ4v) is 2.66. The van der Waals surface area contributed by atoms with Crippen LogP contribution in [0, 0.1) is 0 Å². The molecule has 0 spiro atoms. The molecule has 1 aliphatic rings. The van der Waals surface area contributed by atoms with Crippen molar-refractivity contribution in [2.45, 2.75) is 6.04 Å². The zero-order valence-electron chi connectivity index (χ0n) is 10.0. The fourth-order valence-electron chi connectivity index (χ4n) is 1.63. The molecule has 0 aromatic heterocycles.